The van der Waals surface area contributed by atoms with Crippen molar-refractivity contribution in [1.29, 1.82) is 0 Å². The largest absolute Gasteiger partial charge is 0.494 e. The van der Waals surface area contributed by atoms with Crippen molar-refractivity contribution >= 4 is 11.6 Å². The molecule has 2 aromatic rings. The smallest absolute Gasteiger partial charge is 0.119 e. The third-order valence-corrected chi connectivity index (χ3v) is 6.01. The molecular formula is C24H32ClNO3. The summed E-state index contributed by atoms with van der Waals surface area (Å²) in [4.78, 5) is 2.38. The van der Waals surface area contributed by atoms with E-state index in [4.69, 9.17) is 21.1 Å². The van der Waals surface area contributed by atoms with E-state index in [1.165, 1.54) is 0 Å². The number of morpholine rings is 1. The molecule has 0 spiro atoms. The lowest BCUT2D eigenvalue weighted by atomic mass is 9.75. The highest BCUT2D eigenvalue weighted by Crippen LogP contribution is 2.41. The van der Waals surface area contributed by atoms with Gasteiger partial charge in [-0.15, -0.1) is 0 Å². The van der Waals surface area contributed by atoms with Crippen LogP contribution in [-0.4, -0.2) is 49.5 Å². The van der Waals surface area contributed by atoms with Gasteiger partial charge in [-0.25, -0.2) is 0 Å². The number of hydrogen-bond donors (Lipinski definition) is 1. The molecule has 1 aliphatic rings. The standard InChI is InChI=1S/C24H32ClNO3/c1-3-15-29-22-11-7-20(8-12-22)24(27,4-2)23(18-26-13-16-28-17-14-26)19-5-9-21(25)10-6-19/h5-12,23,27H,3-4,13-18H2,1-2H3. The summed E-state index contributed by atoms with van der Waals surface area (Å²) in [6, 6.07) is 15.8. The van der Waals surface area contributed by atoms with Crippen LogP contribution < -0.4 is 4.74 Å². The number of nitrogens with zero attached hydrogens (tertiary/aromatic N) is 1. The Labute approximate surface area is 179 Å². The van der Waals surface area contributed by atoms with Crippen LogP contribution in [0.4, 0.5) is 0 Å². The van der Waals surface area contributed by atoms with Crippen molar-refractivity contribution in [2.45, 2.75) is 38.2 Å². The molecule has 1 N–H and O–H groups in total. The Morgan fingerprint density at radius 3 is 2.31 bits per heavy atom. The van der Waals surface area contributed by atoms with Crippen molar-refractivity contribution in [3.8, 4) is 5.75 Å². The maximum Gasteiger partial charge on any atom is 0.119 e. The van der Waals surface area contributed by atoms with Gasteiger partial charge in [-0.3, -0.25) is 4.90 Å². The van der Waals surface area contributed by atoms with Crippen molar-refractivity contribution in [2.24, 2.45) is 0 Å². The topological polar surface area (TPSA) is 41.9 Å². The SMILES string of the molecule is CCCOc1ccc(C(O)(CC)C(CN2CCOCC2)c2ccc(Cl)cc2)cc1. The minimum atomic E-state index is -0.991. The van der Waals surface area contributed by atoms with E-state index in [9.17, 15) is 5.11 Å². The molecule has 1 saturated heterocycles. The second-order valence-electron chi connectivity index (χ2n) is 7.67. The van der Waals surface area contributed by atoms with E-state index in [2.05, 4.69) is 11.8 Å². The van der Waals surface area contributed by atoms with E-state index in [1.54, 1.807) is 0 Å². The Morgan fingerprint density at radius 1 is 1.07 bits per heavy atom. The Kier molecular flexibility index (Phi) is 7.96. The molecule has 0 aliphatic carbocycles. The van der Waals surface area contributed by atoms with Crippen LogP contribution >= 0.6 is 11.6 Å². The number of ether oxygens (including phenoxy) is 2. The van der Waals surface area contributed by atoms with Crippen LogP contribution in [0.3, 0.4) is 0 Å². The van der Waals surface area contributed by atoms with Crippen LogP contribution in [0, 0.1) is 0 Å². The van der Waals surface area contributed by atoms with Gasteiger partial charge >= 0.3 is 0 Å². The van der Waals surface area contributed by atoms with Crippen molar-refractivity contribution in [1.82, 2.24) is 4.90 Å². The van der Waals surface area contributed by atoms with Crippen molar-refractivity contribution in [2.75, 3.05) is 39.5 Å². The minimum absolute atomic E-state index is 0.0784. The number of rotatable bonds is 9. The number of benzene rings is 2. The average Bonchev–Trinajstić information content (AvgIpc) is 2.77. The summed E-state index contributed by atoms with van der Waals surface area (Å²) in [7, 11) is 0. The molecule has 1 heterocycles. The van der Waals surface area contributed by atoms with Crippen molar-refractivity contribution in [3.05, 3.63) is 64.7 Å². The maximum atomic E-state index is 11.9. The summed E-state index contributed by atoms with van der Waals surface area (Å²) in [5.41, 5.74) is 1.02. The highest BCUT2D eigenvalue weighted by atomic mass is 35.5. The van der Waals surface area contributed by atoms with E-state index in [0.717, 1.165) is 56.1 Å². The summed E-state index contributed by atoms with van der Waals surface area (Å²) in [5.74, 6) is 0.760. The second-order valence-corrected chi connectivity index (χ2v) is 8.10. The lowest BCUT2D eigenvalue weighted by Gasteiger charge is -2.40. The molecular weight excluding hydrogens is 386 g/mol. The van der Waals surface area contributed by atoms with Crippen LogP contribution in [0.2, 0.25) is 5.02 Å². The fourth-order valence-electron chi connectivity index (χ4n) is 3.98. The van der Waals surface area contributed by atoms with Crippen LogP contribution in [-0.2, 0) is 10.3 Å². The van der Waals surface area contributed by atoms with E-state index < -0.39 is 5.60 Å². The molecule has 3 rings (SSSR count). The molecule has 2 unspecified atom stereocenters. The maximum absolute atomic E-state index is 11.9. The monoisotopic (exact) mass is 417 g/mol. The molecule has 158 valence electrons. The van der Waals surface area contributed by atoms with Gasteiger partial charge in [0.1, 0.15) is 5.75 Å². The lowest BCUT2D eigenvalue weighted by Crippen LogP contribution is -2.44. The second kappa shape index (κ2) is 10.4. The van der Waals surface area contributed by atoms with Gasteiger partial charge in [0.15, 0.2) is 0 Å². The third kappa shape index (κ3) is 5.52. The molecule has 0 aromatic heterocycles. The zero-order valence-electron chi connectivity index (χ0n) is 17.4. The minimum Gasteiger partial charge on any atom is -0.494 e. The number of aliphatic hydroxyl groups is 1. The fraction of sp³-hybridized carbons (Fsp3) is 0.500. The van der Waals surface area contributed by atoms with Crippen molar-refractivity contribution < 1.29 is 14.6 Å². The van der Waals surface area contributed by atoms with Gasteiger partial charge in [-0.2, -0.15) is 0 Å². The zero-order chi connectivity index (χ0) is 20.7. The van der Waals surface area contributed by atoms with E-state index in [-0.39, 0.29) is 5.92 Å². The van der Waals surface area contributed by atoms with Crippen LogP contribution in [0.5, 0.6) is 5.75 Å². The lowest BCUT2D eigenvalue weighted by molar-refractivity contribution is -0.0250. The molecule has 2 atom stereocenters. The summed E-state index contributed by atoms with van der Waals surface area (Å²) < 4.78 is 11.2. The molecule has 5 heteroatoms. The Balaban J connectivity index is 1.92. The molecule has 2 aromatic carbocycles. The molecule has 29 heavy (non-hydrogen) atoms. The van der Waals surface area contributed by atoms with Crippen LogP contribution in [0.15, 0.2) is 48.5 Å². The van der Waals surface area contributed by atoms with Gasteiger partial charge in [0, 0.05) is 30.6 Å². The Bertz CT molecular complexity index is 744. The van der Waals surface area contributed by atoms with E-state index in [0.29, 0.717) is 18.1 Å². The molecule has 1 fully saturated rings. The molecule has 1 aliphatic heterocycles. The summed E-state index contributed by atoms with van der Waals surface area (Å²) >= 11 is 6.13. The molecule has 4 nitrogen and oxygen atoms in total. The zero-order valence-corrected chi connectivity index (χ0v) is 18.2. The van der Waals surface area contributed by atoms with Crippen LogP contribution in [0.25, 0.3) is 0 Å². The summed E-state index contributed by atoms with van der Waals surface area (Å²) in [6.07, 6.45) is 1.58. The summed E-state index contributed by atoms with van der Waals surface area (Å²) in [5, 5.41) is 12.6. The highest BCUT2D eigenvalue weighted by Gasteiger charge is 2.39. The first-order chi connectivity index (χ1) is 14.1. The van der Waals surface area contributed by atoms with Gasteiger partial charge in [-0.05, 0) is 48.2 Å². The first-order valence-corrected chi connectivity index (χ1v) is 11.0. The quantitative estimate of drug-likeness (QED) is 0.633. The predicted molar refractivity (Wildman–Crippen MR) is 118 cm³/mol. The summed E-state index contributed by atoms with van der Waals surface area (Å²) in [6.45, 7) is 8.84. The van der Waals surface area contributed by atoms with E-state index >= 15 is 0 Å². The van der Waals surface area contributed by atoms with Gasteiger partial charge < -0.3 is 14.6 Å². The molecule has 0 bridgehead atoms. The third-order valence-electron chi connectivity index (χ3n) is 5.76. The van der Waals surface area contributed by atoms with Gasteiger partial charge in [-0.1, -0.05) is 49.7 Å². The van der Waals surface area contributed by atoms with Gasteiger partial charge in [0.2, 0.25) is 0 Å². The molecule has 0 saturated carbocycles. The highest BCUT2D eigenvalue weighted by molar-refractivity contribution is 6.30. The van der Waals surface area contributed by atoms with Gasteiger partial charge in [0.05, 0.1) is 25.4 Å². The van der Waals surface area contributed by atoms with Gasteiger partial charge in [0.25, 0.3) is 0 Å². The average molecular weight is 418 g/mol. The number of hydrogen-bond acceptors (Lipinski definition) is 4. The number of halogens is 1. The first-order valence-electron chi connectivity index (χ1n) is 10.6. The fourth-order valence-corrected chi connectivity index (χ4v) is 4.11. The molecule has 0 amide bonds. The molecule has 0 radical (unpaired) electrons. The Hall–Kier alpha value is -1.59. The normalized spacial score (nSPS) is 18.2. The first kappa shape index (κ1) is 22.1. The Morgan fingerprint density at radius 2 is 1.72 bits per heavy atom. The van der Waals surface area contributed by atoms with Crippen LogP contribution in [0.1, 0.15) is 43.7 Å². The van der Waals surface area contributed by atoms with Crippen molar-refractivity contribution in [3.63, 3.8) is 0 Å². The predicted octanol–water partition coefficient (Wildman–Crippen LogP) is 4.84. The van der Waals surface area contributed by atoms with E-state index in [1.807, 2.05) is 55.5 Å².